The predicted octanol–water partition coefficient (Wildman–Crippen LogP) is 5.85. The first-order valence-corrected chi connectivity index (χ1v) is 9.13. The van der Waals surface area contributed by atoms with E-state index in [0.29, 0.717) is 0 Å². The van der Waals surface area contributed by atoms with Crippen molar-refractivity contribution in [2.45, 2.75) is 64.2 Å². The van der Waals surface area contributed by atoms with E-state index in [1.807, 2.05) is 0 Å². The maximum absolute atomic E-state index is 3.90. The third-order valence-corrected chi connectivity index (χ3v) is 6.46. The fourth-order valence-electron chi connectivity index (χ4n) is 4.46. The molecule has 0 radical (unpaired) electrons. The van der Waals surface area contributed by atoms with Gasteiger partial charge in [0, 0.05) is 4.47 Å². The van der Waals surface area contributed by atoms with Crippen LogP contribution in [0.5, 0.6) is 0 Å². The van der Waals surface area contributed by atoms with E-state index >= 15 is 0 Å². The Balaban J connectivity index is 1.56. The van der Waals surface area contributed by atoms with Gasteiger partial charge in [-0.05, 0) is 60.3 Å². The van der Waals surface area contributed by atoms with Gasteiger partial charge in [0.2, 0.25) is 0 Å². The lowest BCUT2D eigenvalue weighted by Gasteiger charge is -2.21. The second kappa shape index (κ2) is 5.33. The first kappa shape index (κ1) is 13.1. The first-order chi connectivity index (χ1) is 9.81. The van der Waals surface area contributed by atoms with Crippen LogP contribution in [0.3, 0.4) is 0 Å². The van der Waals surface area contributed by atoms with Crippen LogP contribution in [0.1, 0.15) is 67.2 Å². The zero-order valence-electron chi connectivity index (χ0n) is 12.2. The highest BCUT2D eigenvalue weighted by Gasteiger charge is 2.24. The molecule has 0 N–H and O–H groups in total. The van der Waals surface area contributed by atoms with Crippen LogP contribution in [0.4, 0.5) is 0 Å². The van der Waals surface area contributed by atoms with E-state index in [2.05, 4.69) is 28.1 Å². The molecule has 3 aliphatic carbocycles. The Morgan fingerprint density at radius 1 is 1.00 bits per heavy atom. The third-order valence-electron chi connectivity index (χ3n) is 5.51. The average Bonchev–Trinajstić information content (AvgIpc) is 3.07. The predicted molar refractivity (Wildman–Crippen MR) is 89.0 cm³/mol. The van der Waals surface area contributed by atoms with Gasteiger partial charge in [0.1, 0.15) is 0 Å². The Labute approximate surface area is 130 Å². The average molecular weight is 331 g/mol. The van der Waals surface area contributed by atoms with Gasteiger partial charge >= 0.3 is 0 Å². The molecule has 0 aliphatic heterocycles. The van der Waals surface area contributed by atoms with E-state index in [-0.39, 0.29) is 0 Å². The van der Waals surface area contributed by atoms with Crippen LogP contribution in [0.25, 0.3) is 6.08 Å². The van der Waals surface area contributed by atoms with E-state index in [4.69, 9.17) is 0 Å². The number of hydrogen-bond donors (Lipinski definition) is 0. The van der Waals surface area contributed by atoms with Crippen LogP contribution < -0.4 is 0 Å². The molecule has 1 saturated carbocycles. The fraction of sp³-hybridized carbons (Fsp3) is 0.579. The number of fused-ring (bicyclic) bond motifs is 2. The number of hydrogen-bond acceptors (Lipinski definition) is 0. The molecule has 0 amide bonds. The van der Waals surface area contributed by atoms with Gasteiger partial charge in [0.05, 0.1) is 0 Å². The molecule has 0 bridgehead atoms. The second-order valence-electron chi connectivity index (χ2n) is 6.94. The maximum Gasteiger partial charge on any atom is 0.0251 e. The molecule has 0 atom stereocenters. The lowest BCUT2D eigenvalue weighted by molar-refractivity contribution is 0.355. The molecule has 0 heterocycles. The summed E-state index contributed by atoms with van der Waals surface area (Å²) in [5.74, 6) is 0.968. The van der Waals surface area contributed by atoms with Crippen LogP contribution in [-0.4, -0.2) is 0 Å². The van der Waals surface area contributed by atoms with Crippen LogP contribution in [0.2, 0.25) is 0 Å². The van der Waals surface area contributed by atoms with Crippen LogP contribution in [0.15, 0.2) is 16.1 Å². The van der Waals surface area contributed by atoms with Crippen molar-refractivity contribution in [1.29, 1.82) is 0 Å². The molecular weight excluding hydrogens is 308 g/mol. The molecule has 0 nitrogen and oxygen atoms in total. The number of benzene rings is 1. The minimum atomic E-state index is 0.968. The standard InChI is InChI=1S/C19H23Br/c20-19-17-8-4-7-15(17)12-16-10-14(11-18(16)19)9-13-5-2-1-3-6-13/h10,12-13H,1-9,11H2. The molecule has 20 heavy (non-hydrogen) atoms. The van der Waals surface area contributed by atoms with E-state index < -0.39 is 0 Å². The lowest BCUT2D eigenvalue weighted by Crippen LogP contribution is -2.07. The molecule has 1 aromatic rings. The van der Waals surface area contributed by atoms with Crippen molar-refractivity contribution in [1.82, 2.24) is 0 Å². The summed E-state index contributed by atoms with van der Waals surface area (Å²) in [6.07, 6.45) is 16.3. The summed E-state index contributed by atoms with van der Waals surface area (Å²) >= 11 is 3.90. The van der Waals surface area contributed by atoms with Gasteiger partial charge in [-0.15, -0.1) is 0 Å². The Morgan fingerprint density at radius 2 is 1.85 bits per heavy atom. The lowest BCUT2D eigenvalue weighted by atomic mass is 9.84. The number of aryl methyl sites for hydroxylation is 1. The molecule has 1 aromatic carbocycles. The number of allylic oxidation sites excluding steroid dienone is 1. The second-order valence-corrected chi connectivity index (χ2v) is 7.73. The van der Waals surface area contributed by atoms with E-state index in [0.717, 1.165) is 5.92 Å². The highest BCUT2D eigenvalue weighted by Crippen LogP contribution is 2.41. The van der Waals surface area contributed by atoms with Crippen molar-refractivity contribution in [2.75, 3.05) is 0 Å². The first-order valence-electron chi connectivity index (χ1n) is 8.34. The quantitative estimate of drug-likeness (QED) is 0.638. The minimum Gasteiger partial charge on any atom is -0.0649 e. The summed E-state index contributed by atoms with van der Waals surface area (Å²) in [6, 6.07) is 2.48. The fourth-order valence-corrected chi connectivity index (χ4v) is 5.28. The van der Waals surface area contributed by atoms with Crippen molar-refractivity contribution in [2.24, 2.45) is 5.92 Å². The zero-order chi connectivity index (χ0) is 13.5. The SMILES string of the molecule is Brc1c2c(cc3c1CCC3)C=C(CC1CCCCC1)C2. The normalized spacial score (nSPS) is 21.8. The van der Waals surface area contributed by atoms with Gasteiger partial charge in [0.25, 0.3) is 0 Å². The van der Waals surface area contributed by atoms with Crippen molar-refractivity contribution < 1.29 is 0 Å². The van der Waals surface area contributed by atoms with E-state index in [9.17, 15) is 0 Å². The number of rotatable bonds is 2. The van der Waals surface area contributed by atoms with Crippen LogP contribution >= 0.6 is 15.9 Å². The van der Waals surface area contributed by atoms with Crippen LogP contribution in [0, 0.1) is 5.92 Å². The summed E-state index contributed by atoms with van der Waals surface area (Å²) in [6.45, 7) is 0. The summed E-state index contributed by atoms with van der Waals surface area (Å²) in [5.41, 5.74) is 8.00. The molecule has 1 fully saturated rings. The molecule has 3 aliphatic rings. The molecule has 0 saturated heterocycles. The van der Waals surface area contributed by atoms with E-state index in [1.165, 1.54) is 74.2 Å². The Bertz CT molecular complexity index is 562. The summed E-state index contributed by atoms with van der Waals surface area (Å²) in [4.78, 5) is 0. The molecule has 1 heteroatoms. The summed E-state index contributed by atoms with van der Waals surface area (Å²) in [5, 5.41) is 0. The van der Waals surface area contributed by atoms with Gasteiger partial charge in [-0.25, -0.2) is 0 Å². The molecule has 0 spiro atoms. The van der Waals surface area contributed by atoms with Crippen molar-refractivity contribution in [3.8, 4) is 0 Å². The minimum absolute atomic E-state index is 0.968. The van der Waals surface area contributed by atoms with E-state index in [1.54, 1.807) is 22.3 Å². The monoisotopic (exact) mass is 330 g/mol. The largest absolute Gasteiger partial charge is 0.0649 e. The van der Waals surface area contributed by atoms with Crippen molar-refractivity contribution >= 4 is 22.0 Å². The van der Waals surface area contributed by atoms with Gasteiger partial charge in [-0.1, -0.05) is 65.7 Å². The van der Waals surface area contributed by atoms with Gasteiger partial charge in [0.15, 0.2) is 0 Å². The molecule has 0 aromatic heterocycles. The molecule has 106 valence electrons. The molecule has 0 unspecified atom stereocenters. The maximum atomic E-state index is 3.90. The topological polar surface area (TPSA) is 0 Å². The van der Waals surface area contributed by atoms with Gasteiger partial charge in [-0.2, -0.15) is 0 Å². The Morgan fingerprint density at radius 3 is 2.70 bits per heavy atom. The Kier molecular flexibility index (Phi) is 3.50. The highest BCUT2D eigenvalue weighted by atomic mass is 79.9. The highest BCUT2D eigenvalue weighted by molar-refractivity contribution is 9.10. The smallest absolute Gasteiger partial charge is 0.0251 e. The zero-order valence-corrected chi connectivity index (χ0v) is 13.8. The third kappa shape index (κ3) is 2.28. The molecule has 4 rings (SSSR count). The summed E-state index contributed by atoms with van der Waals surface area (Å²) < 4.78 is 1.44. The van der Waals surface area contributed by atoms with Crippen molar-refractivity contribution in [3.63, 3.8) is 0 Å². The van der Waals surface area contributed by atoms with Crippen LogP contribution in [-0.2, 0) is 19.3 Å². The molecular formula is C19H23Br. The van der Waals surface area contributed by atoms with Gasteiger partial charge in [-0.3, -0.25) is 0 Å². The van der Waals surface area contributed by atoms with Gasteiger partial charge < -0.3 is 0 Å². The number of halogens is 1. The Hall–Kier alpha value is -0.560. The van der Waals surface area contributed by atoms with Crippen molar-refractivity contribution in [3.05, 3.63) is 38.4 Å². The summed E-state index contributed by atoms with van der Waals surface area (Å²) in [7, 11) is 0.